The lowest BCUT2D eigenvalue weighted by molar-refractivity contribution is 0.0235. The number of rotatable bonds is 4. The van der Waals surface area contributed by atoms with Crippen molar-refractivity contribution < 1.29 is 9.53 Å². The highest BCUT2D eigenvalue weighted by atomic mass is 16.6. The van der Waals surface area contributed by atoms with Gasteiger partial charge in [-0.15, -0.1) is 0 Å². The predicted octanol–water partition coefficient (Wildman–Crippen LogP) is 2.75. The van der Waals surface area contributed by atoms with Crippen molar-refractivity contribution in [3.05, 3.63) is 31.1 Å². The number of aromatic nitrogens is 4. The molecule has 0 saturated carbocycles. The van der Waals surface area contributed by atoms with Crippen LogP contribution in [0.3, 0.4) is 0 Å². The van der Waals surface area contributed by atoms with Crippen LogP contribution in [0.25, 0.3) is 11.3 Å². The van der Waals surface area contributed by atoms with Gasteiger partial charge in [0, 0.05) is 31.0 Å². The van der Waals surface area contributed by atoms with Gasteiger partial charge < -0.3 is 15.0 Å². The molecular formula is C18H24N6O2. The van der Waals surface area contributed by atoms with E-state index in [1.54, 1.807) is 29.7 Å². The summed E-state index contributed by atoms with van der Waals surface area (Å²) in [5.41, 5.74) is 1.05. The van der Waals surface area contributed by atoms with Crippen molar-refractivity contribution in [3.8, 4) is 11.3 Å². The Hall–Kier alpha value is -2.77. The molecule has 3 rings (SSSR count). The molecule has 2 aromatic rings. The van der Waals surface area contributed by atoms with Crippen LogP contribution < -0.4 is 5.32 Å². The third-order valence-electron chi connectivity index (χ3n) is 4.03. The molecule has 1 fully saturated rings. The van der Waals surface area contributed by atoms with Crippen LogP contribution >= 0.6 is 0 Å². The fraction of sp³-hybridized carbons (Fsp3) is 0.500. The maximum absolute atomic E-state index is 12.3. The molecule has 1 aliphatic heterocycles. The summed E-state index contributed by atoms with van der Waals surface area (Å²) in [5.74, 6) is 0.668. The molecule has 0 aromatic carbocycles. The molecule has 1 aliphatic rings. The molecule has 0 unspecified atom stereocenters. The van der Waals surface area contributed by atoms with E-state index in [2.05, 4.69) is 25.3 Å². The highest BCUT2D eigenvalue weighted by Crippen LogP contribution is 2.21. The van der Waals surface area contributed by atoms with E-state index >= 15 is 0 Å². The molecule has 1 saturated heterocycles. The number of carbonyl (C=O) groups excluding carboxylic acids is 1. The maximum atomic E-state index is 12.3. The van der Waals surface area contributed by atoms with Crippen molar-refractivity contribution in [1.82, 2.24) is 24.8 Å². The van der Waals surface area contributed by atoms with Gasteiger partial charge in [-0.1, -0.05) is 0 Å². The number of carbonyl (C=O) groups is 1. The average Bonchev–Trinajstić information content (AvgIpc) is 3.08. The first kappa shape index (κ1) is 18.0. The fourth-order valence-corrected chi connectivity index (χ4v) is 2.83. The second-order valence-corrected chi connectivity index (χ2v) is 7.26. The Bertz CT molecular complexity index is 730. The van der Waals surface area contributed by atoms with Crippen LogP contribution in [0, 0.1) is 0 Å². The summed E-state index contributed by atoms with van der Waals surface area (Å²) in [6.07, 6.45) is 9.89. The van der Waals surface area contributed by atoms with Crippen LogP contribution in [0.4, 0.5) is 10.6 Å². The van der Waals surface area contributed by atoms with Crippen molar-refractivity contribution in [2.24, 2.45) is 0 Å². The summed E-state index contributed by atoms with van der Waals surface area (Å²) in [6, 6.07) is 0.0915. The van der Waals surface area contributed by atoms with Crippen molar-refractivity contribution in [3.63, 3.8) is 0 Å². The van der Waals surface area contributed by atoms with Gasteiger partial charge in [0.25, 0.3) is 0 Å². The SMILES string of the molecule is CC(C)(C)OC(=O)N1CCC[C@H]1CNc1cnc(-c2cncnc2)cn1. The van der Waals surface area contributed by atoms with Crippen LogP contribution in [-0.2, 0) is 4.74 Å². The lowest BCUT2D eigenvalue weighted by Gasteiger charge is -2.28. The molecule has 2 aromatic heterocycles. The number of ether oxygens (including phenoxy) is 1. The number of anilines is 1. The van der Waals surface area contributed by atoms with E-state index < -0.39 is 5.60 Å². The zero-order valence-corrected chi connectivity index (χ0v) is 15.3. The topological polar surface area (TPSA) is 93.1 Å². The van der Waals surface area contributed by atoms with Crippen LogP contribution in [0.5, 0.6) is 0 Å². The lowest BCUT2D eigenvalue weighted by Crippen LogP contribution is -2.42. The molecule has 1 N–H and O–H groups in total. The van der Waals surface area contributed by atoms with Crippen molar-refractivity contribution in [1.29, 1.82) is 0 Å². The second-order valence-electron chi connectivity index (χ2n) is 7.26. The summed E-state index contributed by atoms with van der Waals surface area (Å²) in [4.78, 5) is 30.8. The molecular weight excluding hydrogens is 332 g/mol. The molecule has 8 heteroatoms. The molecule has 0 aliphatic carbocycles. The third-order valence-corrected chi connectivity index (χ3v) is 4.03. The van der Waals surface area contributed by atoms with Gasteiger partial charge in [0.2, 0.25) is 0 Å². The van der Waals surface area contributed by atoms with Crippen molar-refractivity contribution in [2.45, 2.75) is 45.3 Å². The van der Waals surface area contributed by atoms with Gasteiger partial charge >= 0.3 is 6.09 Å². The summed E-state index contributed by atoms with van der Waals surface area (Å²) in [6.45, 7) is 6.97. The Morgan fingerprint density at radius 1 is 1.23 bits per heavy atom. The van der Waals surface area contributed by atoms with Gasteiger partial charge in [0.05, 0.1) is 24.1 Å². The van der Waals surface area contributed by atoms with Gasteiger partial charge in [-0.05, 0) is 33.6 Å². The normalized spacial score (nSPS) is 17.2. The molecule has 1 amide bonds. The van der Waals surface area contributed by atoms with E-state index in [4.69, 9.17) is 4.74 Å². The van der Waals surface area contributed by atoms with E-state index in [-0.39, 0.29) is 12.1 Å². The molecule has 1 atom stereocenters. The molecule has 8 nitrogen and oxygen atoms in total. The van der Waals surface area contributed by atoms with E-state index in [1.807, 2.05) is 20.8 Å². The number of hydrogen-bond donors (Lipinski definition) is 1. The Morgan fingerprint density at radius 2 is 2.00 bits per heavy atom. The quantitative estimate of drug-likeness (QED) is 0.900. The fourth-order valence-electron chi connectivity index (χ4n) is 2.83. The summed E-state index contributed by atoms with van der Waals surface area (Å²) in [7, 11) is 0. The molecule has 3 heterocycles. The molecule has 0 bridgehead atoms. The first-order valence-corrected chi connectivity index (χ1v) is 8.73. The van der Waals surface area contributed by atoms with Crippen LogP contribution in [-0.4, -0.2) is 55.7 Å². The Morgan fingerprint density at radius 3 is 2.65 bits per heavy atom. The standard InChI is InChI=1S/C18H24N6O2/c1-18(2,3)26-17(25)24-6-4-5-14(24)9-22-16-11-21-15(10-23-16)13-7-19-12-20-8-13/h7-8,10-12,14H,4-6,9H2,1-3H3,(H,22,23)/t14-/m0/s1. The second kappa shape index (κ2) is 7.63. The highest BCUT2D eigenvalue weighted by Gasteiger charge is 2.31. The molecule has 0 spiro atoms. The largest absolute Gasteiger partial charge is 0.444 e. The van der Waals surface area contributed by atoms with Gasteiger partial charge in [0.1, 0.15) is 17.7 Å². The Balaban J connectivity index is 1.57. The van der Waals surface area contributed by atoms with E-state index in [1.165, 1.54) is 6.33 Å². The molecule has 0 radical (unpaired) electrons. The van der Waals surface area contributed by atoms with Crippen LogP contribution in [0.2, 0.25) is 0 Å². The van der Waals surface area contributed by atoms with Crippen LogP contribution in [0.15, 0.2) is 31.1 Å². The molecule has 26 heavy (non-hydrogen) atoms. The van der Waals surface area contributed by atoms with Crippen molar-refractivity contribution >= 4 is 11.9 Å². The van der Waals surface area contributed by atoms with Gasteiger partial charge in [-0.25, -0.2) is 19.7 Å². The monoisotopic (exact) mass is 356 g/mol. The zero-order valence-electron chi connectivity index (χ0n) is 15.3. The minimum atomic E-state index is -0.486. The van der Waals surface area contributed by atoms with Gasteiger partial charge in [-0.3, -0.25) is 4.98 Å². The van der Waals surface area contributed by atoms with Gasteiger partial charge in [-0.2, -0.15) is 0 Å². The number of amides is 1. The number of nitrogens with one attached hydrogen (secondary N) is 1. The first-order chi connectivity index (χ1) is 12.4. The lowest BCUT2D eigenvalue weighted by atomic mass is 10.2. The minimum Gasteiger partial charge on any atom is -0.444 e. The third kappa shape index (κ3) is 4.65. The Kier molecular flexibility index (Phi) is 5.29. The van der Waals surface area contributed by atoms with Crippen LogP contribution in [0.1, 0.15) is 33.6 Å². The van der Waals surface area contributed by atoms with Gasteiger partial charge in [0.15, 0.2) is 0 Å². The minimum absolute atomic E-state index is 0.0915. The van der Waals surface area contributed by atoms with E-state index in [0.717, 1.165) is 24.9 Å². The first-order valence-electron chi connectivity index (χ1n) is 8.73. The van der Waals surface area contributed by atoms with Crippen molar-refractivity contribution in [2.75, 3.05) is 18.4 Å². The predicted molar refractivity (Wildman–Crippen MR) is 97.5 cm³/mol. The molecule has 138 valence electrons. The van der Waals surface area contributed by atoms with E-state index in [0.29, 0.717) is 18.1 Å². The Labute approximate surface area is 153 Å². The average molecular weight is 356 g/mol. The summed E-state index contributed by atoms with van der Waals surface area (Å²) in [5, 5.41) is 3.26. The highest BCUT2D eigenvalue weighted by molar-refractivity contribution is 5.69. The number of hydrogen-bond acceptors (Lipinski definition) is 7. The smallest absolute Gasteiger partial charge is 0.410 e. The number of likely N-dealkylation sites (tertiary alicyclic amines) is 1. The summed E-state index contributed by atoms with van der Waals surface area (Å²) >= 11 is 0. The number of nitrogens with zero attached hydrogens (tertiary/aromatic N) is 5. The summed E-state index contributed by atoms with van der Waals surface area (Å²) < 4.78 is 5.49. The zero-order chi connectivity index (χ0) is 18.6. The van der Waals surface area contributed by atoms with E-state index in [9.17, 15) is 4.79 Å². The maximum Gasteiger partial charge on any atom is 0.410 e.